The van der Waals surface area contributed by atoms with Crippen molar-refractivity contribution in [3.63, 3.8) is 0 Å². The minimum Gasteiger partial charge on any atom is -0.484 e. The molecule has 1 aliphatic heterocycles. The van der Waals surface area contributed by atoms with Gasteiger partial charge in [-0.1, -0.05) is 11.6 Å². The van der Waals surface area contributed by atoms with Crippen LogP contribution in [0.4, 0.5) is 10.1 Å². The molecule has 2 aromatic rings. The first-order valence-corrected chi connectivity index (χ1v) is 8.74. The van der Waals surface area contributed by atoms with Gasteiger partial charge in [0.25, 0.3) is 5.91 Å². The minimum absolute atomic E-state index is 0.0581. The number of amides is 1. The van der Waals surface area contributed by atoms with Gasteiger partial charge in [-0.3, -0.25) is 4.79 Å². The third-order valence-electron chi connectivity index (χ3n) is 4.61. The molecule has 0 radical (unpaired) electrons. The number of nitrogens with zero attached hydrogens (tertiary/aromatic N) is 1. The Morgan fingerprint density at radius 3 is 2.64 bits per heavy atom. The van der Waals surface area contributed by atoms with E-state index < -0.39 is 0 Å². The van der Waals surface area contributed by atoms with E-state index in [1.54, 1.807) is 11.0 Å². The van der Waals surface area contributed by atoms with E-state index in [0.717, 1.165) is 35.2 Å². The molecule has 0 bridgehead atoms. The average molecular weight is 362 g/mol. The number of hydrogen-bond acceptors (Lipinski definition) is 2. The Hall–Kier alpha value is -2.07. The second-order valence-corrected chi connectivity index (χ2v) is 6.96. The van der Waals surface area contributed by atoms with Crippen LogP contribution in [0.1, 0.15) is 30.0 Å². The van der Waals surface area contributed by atoms with Crippen molar-refractivity contribution >= 4 is 23.2 Å². The maximum absolute atomic E-state index is 13.5. The summed E-state index contributed by atoms with van der Waals surface area (Å²) in [6.07, 6.45) is 1.58. The fraction of sp³-hybridized carbons (Fsp3) is 0.350. The van der Waals surface area contributed by atoms with Crippen LogP contribution in [0, 0.1) is 19.7 Å². The van der Waals surface area contributed by atoms with Crippen LogP contribution in [0.3, 0.4) is 0 Å². The van der Waals surface area contributed by atoms with Crippen LogP contribution < -0.4 is 9.64 Å². The SMILES string of the molecule is Cc1cc(OCC(=O)N2c3ccc(F)cc3CC[C@@H]2C)cc(C)c1Cl. The van der Waals surface area contributed by atoms with Crippen molar-refractivity contribution in [2.24, 2.45) is 0 Å². The molecule has 0 unspecified atom stereocenters. The molecule has 25 heavy (non-hydrogen) atoms. The van der Waals surface area contributed by atoms with Crippen LogP contribution in [0.15, 0.2) is 30.3 Å². The number of rotatable bonds is 3. The van der Waals surface area contributed by atoms with Gasteiger partial charge < -0.3 is 9.64 Å². The lowest BCUT2D eigenvalue weighted by molar-refractivity contribution is -0.121. The first-order chi connectivity index (χ1) is 11.9. The summed E-state index contributed by atoms with van der Waals surface area (Å²) in [6.45, 7) is 5.74. The molecule has 132 valence electrons. The van der Waals surface area contributed by atoms with Crippen molar-refractivity contribution in [3.8, 4) is 5.75 Å². The van der Waals surface area contributed by atoms with Crippen molar-refractivity contribution in [2.75, 3.05) is 11.5 Å². The first-order valence-electron chi connectivity index (χ1n) is 8.37. The highest BCUT2D eigenvalue weighted by Gasteiger charge is 2.28. The Morgan fingerprint density at radius 1 is 1.28 bits per heavy atom. The summed E-state index contributed by atoms with van der Waals surface area (Å²) >= 11 is 6.16. The zero-order valence-electron chi connectivity index (χ0n) is 14.6. The Bertz CT molecular complexity index is 798. The Balaban J connectivity index is 1.77. The third-order valence-corrected chi connectivity index (χ3v) is 5.21. The second kappa shape index (κ2) is 7.04. The molecular weight excluding hydrogens is 341 g/mol. The van der Waals surface area contributed by atoms with Crippen LogP contribution in [0.25, 0.3) is 0 Å². The highest BCUT2D eigenvalue weighted by molar-refractivity contribution is 6.32. The summed E-state index contributed by atoms with van der Waals surface area (Å²) in [4.78, 5) is 14.5. The summed E-state index contributed by atoms with van der Waals surface area (Å²) in [7, 11) is 0. The molecule has 0 spiro atoms. The molecule has 5 heteroatoms. The lowest BCUT2D eigenvalue weighted by Gasteiger charge is -2.35. The van der Waals surface area contributed by atoms with Gasteiger partial charge in [0.15, 0.2) is 6.61 Å². The molecule has 0 aliphatic carbocycles. The molecule has 2 aromatic carbocycles. The van der Waals surface area contributed by atoms with E-state index in [1.165, 1.54) is 12.1 Å². The predicted molar refractivity (Wildman–Crippen MR) is 98.1 cm³/mol. The van der Waals surface area contributed by atoms with Gasteiger partial charge in [-0.2, -0.15) is 0 Å². The number of fused-ring (bicyclic) bond motifs is 1. The van der Waals surface area contributed by atoms with E-state index in [4.69, 9.17) is 16.3 Å². The molecule has 1 heterocycles. The highest BCUT2D eigenvalue weighted by Crippen LogP contribution is 2.32. The lowest BCUT2D eigenvalue weighted by Crippen LogP contribution is -2.44. The third kappa shape index (κ3) is 3.64. The number of carbonyl (C=O) groups is 1. The van der Waals surface area contributed by atoms with Crippen molar-refractivity contribution < 1.29 is 13.9 Å². The van der Waals surface area contributed by atoms with Gasteiger partial charge in [0.05, 0.1) is 0 Å². The fourth-order valence-electron chi connectivity index (χ4n) is 3.30. The number of benzene rings is 2. The Morgan fingerprint density at radius 2 is 1.96 bits per heavy atom. The van der Waals surface area contributed by atoms with Gasteiger partial charge in [-0.05, 0) is 80.6 Å². The normalized spacial score (nSPS) is 16.5. The maximum atomic E-state index is 13.5. The number of carbonyl (C=O) groups excluding carboxylic acids is 1. The van der Waals surface area contributed by atoms with Crippen LogP contribution in [-0.2, 0) is 11.2 Å². The zero-order chi connectivity index (χ0) is 18.1. The van der Waals surface area contributed by atoms with E-state index in [0.29, 0.717) is 10.8 Å². The van der Waals surface area contributed by atoms with Crippen LogP contribution in [0.5, 0.6) is 5.75 Å². The van der Waals surface area contributed by atoms with E-state index >= 15 is 0 Å². The van der Waals surface area contributed by atoms with Crippen molar-refractivity contribution in [2.45, 2.75) is 39.7 Å². The highest BCUT2D eigenvalue weighted by atomic mass is 35.5. The average Bonchev–Trinajstić information content (AvgIpc) is 2.57. The molecule has 0 saturated heterocycles. The molecular formula is C20H21ClFNO2. The molecule has 1 atom stereocenters. The van der Waals surface area contributed by atoms with Gasteiger partial charge >= 0.3 is 0 Å². The van der Waals surface area contributed by atoms with Crippen LogP contribution in [0.2, 0.25) is 5.02 Å². The monoisotopic (exact) mass is 361 g/mol. The lowest BCUT2D eigenvalue weighted by atomic mass is 9.96. The first kappa shape index (κ1) is 17.7. The number of hydrogen-bond donors (Lipinski definition) is 0. The molecule has 0 N–H and O–H groups in total. The van der Waals surface area contributed by atoms with Crippen molar-refractivity contribution in [1.82, 2.24) is 0 Å². The van der Waals surface area contributed by atoms with Gasteiger partial charge in [0.1, 0.15) is 11.6 Å². The molecule has 0 saturated carbocycles. The van der Waals surface area contributed by atoms with E-state index in [2.05, 4.69) is 0 Å². The Labute approximate surface area is 152 Å². The quantitative estimate of drug-likeness (QED) is 0.782. The summed E-state index contributed by atoms with van der Waals surface area (Å²) in [5, 5.41) is 0.708. The van der Waals surface area contributed by atoms with Crippen LogP contribution in [-0.4, -0.2) is 18.6 Å². The van der Waals surface area contributed by atoms with E-state index in [-0.39, 0.29) is 24.4 Å². The maximum Gasteiger partial charge on any atom is 0.265 e. The summed E-state index contributed by atoms with van der Waals surface area (Å²) in [5.74, 6) is 0.214. The Kier molecular flexibility index (Phi) is 5.00. The van der Waals surface area contributed by atoms with Crippen molar-refractivity contribution in [3.05, 3.63) is 57.9 Å². The largest absolute Gasteiger partial charge is 0.484 e. The summed E-state index contributed by atoms with van der Waals surface area (Å²) < 4.78 is 19.2. The molecule has 3 rings (SSSR count). The van der Waals surface area contributed by atoms with Gasteiger partial charge in [0, 0.05) is 16.8 Å². The molecule has 1 aliphatic rings. The van der Waals surface area contributed by atoms with Crippen molar-refractivity contribution in [1.29, 1.82) is 0 Å². The van der Waals surface area contributed by atoms with E-state index in [9.17, 15) is 9.18 Å². The topological polar surface area (TPSA) is 29.5 Å². The van der Waals surface area contributed by atoms with Gasteiger partial charge in [-0.15, -0.1) is 0 Å². The smallest absolute Gasteiger partial charge is 0.265 e. The summed E-state index contributed by atoms with van der Waals surface area (Å²) in [5.41, 5.74) is 3.47. The number of ether oxygens (including phenoxy) is 1. The number of anilines is 1. The number of aryl methyl sites for hydroxylation is 3. The van der Waals surface area contributed by atoms with E-state index in [1.807, 2.05) is 32.9 Å². The molecule has 3 nitrogen and oxygen atoms in total. The molecule has 0 aromatic heterocycles. The minimum atomic E-state index is -0.274. The number of halogens is 2. The van der Waals surface area contributed by atoms with Gasteiger partial charge in [-0.25, -0.2) is 4.39 Å². The fourth-order valence-corrected chi connectivity index (χ4v) is 3.41. The van der Waals surface area contributed by atoms with Crippen LogP contribution >= 0.6 is 11.6 Å². The molecule has 1 amide bonds. The molecule has 0 fully saturated rings. The zero-order valence-corrected chi connectivity index (χ0v) is 15.4. The summed E-state index contributed by atoms with van der Waals surface area (Å²) in [6, 6.07) is 8.28. The standard InChI is InChI=1S/C20H21ClFNO2/c1-12-8-17(9-13(2)20(12)21)25-11-19(24)23-14(3)4-5-15-10-16(22)6-7-18(15)23/h6-10,14H,4-5,11H2,1-3H3/t14-/m0/s1. The predicted octanol–water partition coefficient (Wildman–Crippen LogP) is 4.84. The van der Waals surface area contributed by atoms with Gasteiger partial charge in [0.2, 0.25) is 0 Å². The second-order valence-electron chi connectivity index (χ2n) is 6.58.